The third-order valence-electron chi connectivity index (χ3n) is 3.78. The van der Waals surface area contributed by atoms with Crippen LogP contribution in [0.1, 0.15) is 70.8 Å². The third-order valence-corrected chi connectivity index (χ3v) is 3.78. The van der Waals surface area contributed by atoms with Crippen LogP contribution in [0.25, 0.3) is 0 Å². The van der Waals surface area contributed by atoms with E-state index in [9.17, 15) is 0 Å². The summed E-state index contributed by atoms with van der Waals surface area (Å²) in [7, 11) is 0. The lowest BCUT2D eigenvalue weighted by atomic mass is 9.99. The van der Waals surface area contributed by atoms with E-state index in [1.165, 1.54) is 56.9 Å². The van der Waals surface area contributed by atoms with Crippen molar-refractivity contribution in [1.29, 1.82) is 0 Å². The average molecular weight is 258 g/mol. The van der Waals surface area contributed by atoms with Gasteiger partial charge in [-0.1, -0.05) is 87.4 Å². The molecule has 0 aromatic heterocycles. The Bertz CT molecular complexity index is 334. The van der Waals surface area contributed by atoms with Gasteiger partial charge in [0.2, 0.25) is 0 Å². The highest BCUT2D eigenvalue weighted by Gasteiger charge is 1.99. The molecule has 0 atom stereocenters. The van der Waals surface area contributed by atoms with E-state index < -0.39 is 0 Å². The van der Waals surface area contributed by atoms with Crippen molar-refractivity contribution in [2.24, 2.45) is 0 Å². The molecule has 0 radical (unpaired) electrons. The zero-order valence-corrected chi connectivity index (χ0v) is 12.8. The van der Waals surface area contributed by atoms with E-state index in [4.69, 9.17) is 0 Å². The molecule has 0 heteroatoms. The van der Waals surface area contributed by atoms with Gasteiger partial charge in [-0.25, -0.2) is 0 Å². The van der Waals surface area contributed by atoms with Crippen LogP contribution in [0.4, 0.5) is 0 Å². The summed E-state index contributed by atoms with van der Waals surface area (Å²) in [6, 6.07) is 10.8. The molecule has 0 heterocycles. The highest BCUT2D eigenvalue weighted by molar-refractivity contribution is 5.21. The molecule has 0 unspecified atom stereocenters. The SMILES string of the molecule is CC=C(CCCCCCCCC)Cc1ccccc1. The number of unbranched alkanes of at least 4 members (excludes halogenated alkanes) is 6. The lowest BCUT2D eigenvalue weighted by molar-refractivity contribution is 0.587. The molecular weight excluding hydrogens is 228 g/mol. The van der Waals surface area contributed by atoms with Gasteiger partial charge in [0.05, 0.1) is 0 Å². The molecule has 0 N–H and O–H groups in total. The van der Waals surface area contributed by atoms with Crippen LogP contribution >= 0.6 is 0 Å². The minimum atomic E-state index is 1.13. The molecule has 0 saturated heterocycles. The largest absolute Gasteiger partial charge is 0.0881 e. The van der Waals surface area contributed by atoms with E-state index in [0.717, 1.165) is 6.42 Å². The summed E-state index contributed by atoms with van der Waals surface area (Å²) in [5, 5.41) is 0. The molecule has 0 spiro atoms. The van der Waals surface area contributed by atoms with E-state index in [1.807, 2.05) is 0 Å². The summed E-state index contributed by atoms with van der Waals surface area (Å²) in [5.74, 6) is 0. The quantitative estimate of drug-likeness (QED) is 0.340. The molecule has 0 bridgehead atoms. The highest BCUT2D eigenvalue weighted by atomic mass is 14.0. The van der Waals surface area contributed by atoms with Crippen molar-refractivity contribution < 1.29 is 0 Å². The number of rotatable bonds is 10. The average Bonchev–Trinajstić information content (AvgIpc) is 2.46. The summed E-state index contributed by atoms with van der Waals surface area (Å²) < 4.78 is 0. The van der Waals surface area contributed by atoms with Crippen molar-refractivity contribution in [2.75, 3.05) is 0 Å². The Morgan fingerprint density at radius 2 is 1.53 bits per heavy atom. The maximum absolute atomic E-state index is 2.31. The van der Waals surface area contributed by atoms with Crippen LogP contribution in [0.15, 0.2) is 42.0 Å². The lowest BCUT2D eigenvalue weighted by Gasteiger charge is -2.07. The fourth-order valence-electron chi connectivity index (χ4n) is 2.50. The summed E-state index contributed by atoms with van der Waals surface area (Å²) >= 11 is 0. The van der Waals surface area contributed by atoms with Crippen molar-refractivity contribution in [3.05, 3.63) is 47.5 Å². The van der Waals surface area contributed by atoms with Gasteiger partial charge in [0.1, 0.15) is 0 Å². The molecule has 0 aliphatic carbocycles. The molecule has 0 saturated carbocycles. The smallest absolute Gasteiger partial charge is 0.00672 e. The first-order chi connectivity index (χ1) is 9.36. The second-order valence-corrected chi connectivity index (χ2v) is 5.48. The van der Waals surface area contributed by atoms with E-state index in [0.29, 0.717) is 0 Å². The van der Waals surface area contributed by atoms with Gasteiger partial charge in [0.15, 0.2) is 0 Å². The highest BCUT2D eigenvalue weighted by Crippen LogP contribution is 2.16. The first kappa shape index (κ1) is 16.0. The second-order valence-electron chi connectivity index (χ2n) is 5.48. The maximum Gasteiger partial charge on any atom is -0.00672 e. The van der Waals surface area contributed by atoms with Gasteiger partial charge in [-0.3, -0.25) is 0 Å². The van der Waals surface area contributed by atoms with E-state index in [-0.39, 0.29) is 0 Å². The van der Waals surface area contributed by atoms with Crippen LogP contribution in [0, 0.1) is 0 Å². The van der Waals surface area contributed by atoms with Crippen molar-refractivity contribution in [3.8, 4) is 0 Å². The summed E-state index contributed by atoms with van der Waals surface area (Å²) in [5.41, 5.74) is 3.04. The lowest BCUT2D eigenvalue weighted by Crippen LogP contribution is -1.91. The predicted molar refractivity (Wildman–Crippen MR) is 86.5 cm³/mol. The molecule has 106 valence electrons. The van der Waals surface area contributed by atoms with Crippen LogP contribution in [0.3, 0.4) is 0 Å². The Labute approximate surface area is 119 Å². The van der Waals surface area contributed by atoms with Gasteiger partial charge in [0.25, 0.3) is 0 Å². The second kappa shape index (κ2) is 10.8. The first-order valence-corrected chi connectivity index (χ1v) is 8.04. The van der Waals surface area contributed by atoms with Crippen LogP contribution in [-0.4, -0.2) is 0 Å². The van der Waals surface area contributed by atoms with Crippen molar-refractivity contribution in [1.82, 2.24) is 0 Å². The summed E-state index contributed by atoms with van der Waals surface area (Å²) in [4.78, 5) is 0. The molecule has 19 heavy (non-hydrogen) atoms. The number of allylic oxidation sites excluding steroid dienone is 2. The number of benzene rings is 1. The van der Waals surface area contributed by atoms with Crippen LogP contribution in [0.2, 0.25) is 0 Å². The molecular formula is C19H30. The number of hydrogen-bond acceptors (Lipinski definition) is 0. The summed E-state index contributed by atoms with van der Waals surface area (Å²) in [6.07, 6.45) is 14.5. The van der Waals surface area contributed by atoms with E-state index in [2.05, 4.69) is 50.3 Å². The maximum atomic E-state index is 2.31. The molecule has 0 nitrogen and oxygen atoms in total. The molecule has 1 aromatic carbocycles. The van der Waals surface area contributed by atoms with Gasteiger partial charge in [-0.15, -0.1) is 0 Å². The fourth-order valence-corrected chi connectivity index (χ4v) is 2.50. The zero-order chi connectivity index (χ0) is 13.8. The van der Waals surface area contributed by atoms with Gasteiger partial charge < -0.3 is 0 Å². The minimum absolute atomic E-state index is 1.13. The molecule has 0 amide bonds. The van der Waals surface area contributed by atoms with Crippen molar-refractivity contribution in [2.45, 2.75) is 71.6 Å². The minimum Gasteiger partial charge on any atom is -0.0881 e. The van der Waals surface area contributed by atoms with Crippen LogP contribution in [0.5, 0.6) is 0 Å². The molecule has 1 rings (SSSR count). The standard InChI is InChI=1S/C19H30/c1-3-5-6-7-8-9-11-14-18(4-2)17-19-15-12-10-13-16-19/h4,10,12-13,15-16H,3,5-9,11,14,17H2,1-2H3. The van der Waals surface area contributed by atoms with E-state index >= 15 is 0 Å². The number of hydrogen-bond donors (Lipinski definition) is 0. The van der Waals surface area contributed by atoms with Crippen LogP contribution < -0.4 is 0 Å². The fraction of sp³-hybridized carbons (Fsp3) is 0.579. The Kier molecular flexibility index (Phi) is 9.14. The Hall–Kier alpha value is -1.04. The normalized spacial score (nSPS) is 11.8. The monoisotopic (exact) mass is 258 g/mol. The molecule has 0 aliphatic heterocycles. The van der Waals surface area contributed by atoms with Crippen molar-refractivity contribution >= 4 is 0 Å². The Morgan fingerprint density at radius 3 is 2.16 bits per heavy atom. The van der Waals surface area contributed by atoms with Gasteiger partial charge in [0, 0.05) is 0 Å². The Morgan fingerprint density at radius 1 is 0.895 bits per heavy atom. The van der Waals surface area contributed by atoms with Gasteiger partial charge in [-0.05, 0) is 31.7 Å². The first-order valence-electron chi connectivity index (χ1n) is 8.04. The van der Waals surface area contributed by atoms with E-state index in [1.54, 1.807) is 5.57 Å². The van der Waals surface area contributed by atoms with Gasteiger partial charge in [-0.2, -0.15) is 0 Å². The third kappa shape index (κ3) is 7.87. The van der Waals surface area contributed by atoms with Crippen molar-refractivity contribution in [3.63, 3.8) is 0 Å². The van der Waals surface area contributed by atoms with Gasteiger partial charge >= 0.3 is 0 Å². The topological polar surface area (TPSA) is 0 Å². The molecule has 0 fully saturated rings. The molecule has 0 aliphatic rings. The summed E-state index contributed by atoms with van der Waals surface area (Å²) in [6.45, 7) is 4.46. The molecule has 1 aromatic rings. The Balaban J connectivity index is 2.13. The predicted octanol–water partition coefficient (Wildman–Crippen LogP) is 6.32. The zero-order valence-electron chi connectivity index (χ0n) is 12.8. The van der Waals surface area contributed by atoms with Crippen LogP contribution in [-0.2, 0) is 6.42 Å².